The molecule has 0 saturated carbocycles. The average Bonchev–Trinajstić information content (AvgIpc) is 3.22. The standard InChI is InChI=1S/C22H36N4O3S/c1-6-23-20(26-16-21(2,3)22(26,4)5)24-14-17-9-11-19(12-10-17)30(27,28)25-15-18-8-7-13-29-18/h9-12,18,25H,6-8,13-16H2,1-5H3,(H,23,24). The highest BCUT2D eigenvalue weighted by atomic mass is 32.2. The molecule has 2 aliphatic rings. The van der Waals surface area contributed by atoms with Crippen molar-refractivity contribution in [2.24, 2.45) is 10.4 Å². The van der Waals surface area contributed by atoms with Crippen LogP contribution in [0, 0.1) is 5.41 Å². The predicted molar refractivity (Wildman–Crippen MR) is 120 cm³/mol. The molecular formula is C22H36N4O3S. The quantitative estimate of drug-likeness (QED) is 0.507. The van der Waals surface area contributed by atoms with Gasteiger partial charge >= 0.3 is 0 Å². The minimum atomic E-state index is -3.53. The first-order valence-electron chi connectivity index (χ1n) is 10.8. The molecule has 168 valence electrons. The van der Waals surface area contributed by atoms with Gasteiger partial charge in [0.25, 0.3) is 0 Å². The van der Waals surface area contributed by atoms with Crippen molar-refractivity contribution >= 4 is 16.0 Å². The summed E-state index contributed by atoms with van der Waals surface area (Å²) in [6, 6.07) is 6.95. The second-order valence-electron chi connectivity index (χ2n) is 9.33. The van der Waals surface area contributed by atoms with Crippen LogP contribution < -0.4 is 10.0 Å². The zero-order valence-electron chi connectivity index (χ0n) is 18.9. The summed E-state index contributed by atoms with van der Waals surface area (Å²) in [6.45, 7) is 14.4. The molecule has 0 bridgehead atoms. The van der Waals surface area contributed by atoms with Crippen molar-refractivity contribution in [2.75, 3.05) is 26.2 Å². The lowest BCUT2D eigenvalue weighted by molar-refractivity contribution is -0.0667. The molecule has 0 radical (unpaired) electrons. The van der Waals surface area contributed by atoms with Gasteiger partial charge in [0, 0.05) is 37.2 Å². The zero-order valence-corrected chi connectivity index (χ0v) is 19.7. The van der Waals surface area contributed by atoms with Gasteiger partial charge in [-0.3, -0.25) is 0 Å². The van der Waals surface area contributed by atoms with Crippen LogP contribution in [0.25, 0.3) is 0 Å². The first kappa shape index (κ1) is 23.0. The van der Waals surface area contributed by atoms with Crippen LogP contribution in [0.5, 0.6) is 0 Å². The Morgan fingerprint density at radius 3 is 2.47 bits per heavy atom. The molecule has 0 amide bonds. The molecule has 8 heteroatoms. The minimum Gasteiger partial charge on any atom is -0.377 e. The normalized spacial score (nSPS) is 23.3. The Morgan fingerprint density at radius 2 is 1.93 bits per heavy atom. The van der Waals surface area contributed by atoms with E-state index < -0.39 is 10.0 Å². The number of aliphatic imine (C=N–C) groups is 1. The third-order valence-corrected chi connectivity index (χ3v) is 8.08. The number of ether oxygens (including phenoxy) is 1. The molecule has 1 unspecified atom stereocenters. The van der Waals surface area contributed by atoms with Gasteiger partial charge in [-0.25, -0.2) is 18.1 Å². The van der Waals surface area contributed by atoms with Gasteiger partial charge in [-0.15, -0.1) is 0 Å². The van der Waals surface area contributed by atoms with Crippen molar-refractivity contribution in [3.05, 3.63) is 29.8 Å². The van der Waals surface area contributed by atoms with Crippen LogP contribution in [0.2, 0.25) is 0 Å². The molecule has 3 rings (SSSR count). The zero-order chi connectivity index (χ0) is 22.0. The SMILES string of the molecule is CCNC(=NCc1ccc(S(=O)(=O)NCC2CCCO2)cc1)N1CC(C)(C)C1(C)C. The van der Waals surface area contributed by atoms with Gasteiger partial charge in [-0.2, -0.15) is 0 Å². The first-order chi connectivity index (χ1) is 14.1. The number of sulfonamides is 1. The smallest absolute Gasteiger partial charge is 0.240 e. The van der Waals surface area contributed by atoms with Crippen molar-refractivity contribution in [2.45, 2.75) is 70.5 Å². The Labute approximate surface area is 181 Å². The Hall–Kier alpha value is -1.64. The summed E-state index contributed by atoms with van der Waals surface area (Å²) in [5.74, 6) is 0.900. The lowest BCUT2D eigenvalue weighted by atomic mass is 9.65. The molecule has 2 aliphatic heterocycles. The second kappa shape index (κ2) is 8.85. The highest BCUT2D eigenvalue weighted by Gasteiger charge is 2.53. The van der Waals surface area contributed by atoms with Crippen LogP contribution in [0.3, 0.4) is 0 Å². The average molecular weight is 437 g/mol. The molecule has 1 atom stereocenters. The van der Waals surface area contributed by atoms with Crippen molar-refractivity contribution < 1.29 is 13.2 Å². The largest absolute Gasteiger partial charge is 0.377 e. The summed E-state index contributed by atoms with van der Waals surface area (Å²) in [5.41, 5.74) is 1.23. The molecule has 0 aliphatic carbocycles. The highest BCUT2D eigenvalue weighted by molar-refractivity contribution is 7.89. The molecule has 2 N–H and O–H groups in total. The van der Waals surface area contributed by atoms with E-state index in [4.69, 9.17) is 9.73 Å². The Bertz CT molecular complexity index is 857. The van der Waals surface area contributed by atoms with E-state index in [0.29, 0.717) is 19.7 Å². The monoisotopic (exact) mass is 436 g/mol. The van der Waals surface area contributed by atoms with Crippen molar-refractivity contribution in [1.29, 1.82) is 0 Å². The summed E-state index contributed by atoms with van der Waals surface area (Å²) in [6.07, 6.45) is 1.87. The van der Waals surface area contributed by atoms with Crippen LogP contribution >= 0.6 is 0 Å². The van der Waals surface area contributed by atoms with E-state index in [2.05, 4.69) is 49.6 Å². The Balaban J connectivity index is 1.63. The molecule has 2 fully saturated rings. The summed E-state index contributed by atoms with van der Waals surface area (Å²) in [7, 11) is -3.53. The number of rotatable bonds is 7. The molecule has 0 aromatic heterocycles. The fourth-order valence-corrected chi connectivity index (χ4v) is 4.89. The first-order valence-corrected chi connectivity index (χ1v) is 12.3. The number of nitrogens with one attached hydrogen (secondary N) is 2. The summed E-state index contributed by atoms with van der Waals surface area (Å²) in [4.78, 5) is 7.38. The maximum absolute atomic E-state index is 12.5. The third-order valence-electron chi connectivity index (χ3n) is 6.65. The van der Waals surface area contributed by atoms with E-state index in [0.717, 1.165) is 37.5 Å². The second-order valence-corrected chi connectivity index (χ2v) is 11.1. The van der Waals surface area contributed by atoms with Gasteiger partial charge in [-0.05, 0) is 51.3 Å². The van der Waals surface area contributed by atoms with E-state index in [1.807, 2.05) is 12.1 Å². The molecule has 1 aromatic carbocycles. The van der Waals surface area contributed by atoms with Gasteiger partial charge < -0.3 is 15.0 Å². The van der Waals surface area contributed by atoms with Crippen molar-refractivity contribution in [1.82, 2.24) is 14.9 Å². The molecular weight excluding hydrogens is 400 g/mol. The van der Waals surface area contributed by atoms with E-state index in [9.17, 15) is 8.42 Å². The number of hydrogen-bond donors (Lipinski definition) is 2. The van der Waals surface area contributed by atoms with E-state index >= 15 is 0 Å². The van der Waals surface area contributed by atoms with Crippen molar-refractivity contribution in [3.8, 4) is 0 Å². The molecule has 7 nitrogen and oxygen atoms in total. The number of nitrogens with zero attached hydrogens (tertiary/aromatic N) is 2. The fraction of sp³-hybridized carbons (Fsp3) is 0.682. The van der Waals surface area contributed by atoms with E-state index in [1.165, 1.54) is 0 Å². The number of benzene rings is 1. The van der Waals surface area contributed by atoms with Gasteiger partial charge in [0.1, 0.15) is 0 Å². The van der Waals surface area contributed by atoms with Crippen molar-refractivity contribution in [3.63, 3.8) is 0 Å². The topological polar surface area (TPSA) is 83.0 Å². The molecule has 30 heavy (non-hydrogen) atoms. The summed E-state index contributed by atoms with van der Waals surface area (Å²) >= 11 is 0. The van der Waals surface area contributed by atoms with Gasteiger partial charge in [-0.1, -0.05) is 26.0 Å². The van der Waals surface area contributed by atoms with Gasteiger partial charge in [0.2, 0.25) is 10.0 Å². The summed E-state index contributed by atoms with van der Waals surface area (Å²) in [5, 5.41) is 3.39. The van der Waals surface area contributed by atoms with Crippen LogP contribution in [0.15, 0.2) is 34.2 Å². The number of likely N-dealkylation sites (tertiary alicyclic amines) is 1. The molecule has 1 aromatic rings. The van der Waals surface area contributed by atoms with Gasteiger partial charge in [0.15, 0.2) is 5.96 Å². The third kappa shape index (κ3) is 4.81. The van der Waals surface area contributed by atoms with Crippen LogP contribution in [0.1, 0.15) is 53.0 Å². The lowest BCUT2D eigenvalue weighted by Gasteiger charge is -2.62. The van der Waals surface area contributed by atoms with E-state index in [1.54, 1.807) is 12.1 Å². The highest BCUT2D eigenvalue weighted by Crippen LogP contribution is 2.46. The van der Waals surface area contributed by atoms with Crippen LogP contribution in [-0.4, -0.2) is 57.2 Å². The fourth-order valence-electron chi connectivity index (χ4n) is 3.83. The maximum Gasteiger partial charge on any atom is 0.240 e. The molecule has 2 saturated heterocycles. The number of hydrogen-bond acceptors (Lipinski definition) is 4. The minimum absolute atomic E-state index is 0.0198. The van der Waals surface area contributed by atoms with Crippen LogP contribution in [0.4, 0.5) is 0 Å². The van der Waals surface area contributed by atoms with Crippen LogP contribution in [-0.2, 0) is 21.3 Å². The molecule has 2 heterocycles. The molecule has 0 spiro atoms. The van der Waals surface area contributed by atoms with Gasteiger partial charge in [0.05, 0.1) is 17.5 Å². The lowest BCUT2D eigenvalue weighted by Crippen LogP contribution is -2.72. The summed E-state index contributed by atoms with van der Waals surface area (Å²) < 4.78 is 33.2. The maximum atomic E-state index is 12.5. The predicted octanol–water partition coefficient (Wildman–Crippen LogP) is 2.73. The Morgan fingerprint density at radius 1 is 1.23 bits per heavy atom. The Kier molecular flexibility index (Phi) is 6.79. The van der Waals surface area contributed by atoms with E-state index in [-0.39, 0.29) is 22.0 Å². The number of guanidine groups is 1.